The van der Waals surface area contributed by atoms with E-state index in [-0.39, 0.29) is 19.2 Å². The van der Waals surface area contributed by atoms with Gasteiger partial charge in [-0.1, -0.05) is 12.1 Å². The molecule has 0 aliphatic rings. The maximum absolute atomic E-state index is 12.4. The second-order valence-corrected chi connectivity index (χ2v) is 4.32. The van der Waals surface area contributed by atoms with E-state index in [0.717, 1.165) is 12.1 Å². The number of likely N-dealkylation sites (N-methyl/N-ethyl adjacent to an activating group) is 1. The van der Waals surface area contributed by atoms with E-state index < -0.39 is 11.7 Å². The molecule has 1 aromatic rings. The maximum atomic E-state index is 12.4. The van der Waals surface area contributed by atoms with Gasteiger partial charge in [-0.05, 0) is 24.1 Å². The van der Waals surface area contributed by atoms with E-state index in [1.807, 2.05) is 0 Å². The lowest BCUT2D eigenvalue weighted by Crippen LogP contribution is -2.39. The first-order chi connectivity index (χ1) is 9.34. The Labute approximate surface area is 115 Å². The van der Waals surface area contributed by atoms with Gasteiger partial charge in [0.2, 0.25) is 0 Å². The third-order valence-corrected chi connectivity index (χ3v) is 2.75. The minimum absolute atomic E-state index is 0.122. The molecule has 2 amide bonds. The van der Waals surface area contributed by atoms with Crippen molar-refractivity contribution >= 4 is 6.03 Å². The highest BCUT2D eigenvalue weighted by atomic mass is 19.4. The number of hydrogen-bond donors (Lipinski definition) is 2. The molecule has 0 radical (unpaired) electrons. The molecule has 2 N–H and O–H groups in total. The highest BCUT2D eigenvalue weighted by Crippen LogP contribution is 2.29. The van der Waals surface area contributed by atoms with E-state index in [1.54, 1.807) is 7.05 Å². The third kappa shape index (κ3) is 5.08. The van der Waals surface area contributed by atoms with Crippen molar-refractivity contribution in [3.8, 4) is 0 Å². The monoisotopic (exact) mass is 290 g/mol. The molecule has 20 heavy (non-hydrogen) atoms. The second-order valence-electron chi connectivity index (χ2n) is 4.32. The quantitative estimate of drug-likeness (QED) is 0.870. The fourth-order valence-electron chi connectivity index (χ4n) is 1.56. The van der Waals surface area contributed by atoms with E-state index in [0.29, 0.717) is 18.5 Å². The molecule has 0 fully saturated rings. The third-order valence-electron chi connectivity index (χ3n) is 2.75. The van der Waals surface area contributed by atoms with Gasteiger partial charge in [-0.3, -0.25) is 0 Å². The van der Waals surface area contributed by atoms with Crippen LogP contribution in [0.3, 0.4) is 0 Å². The molecule has 0 aliphatic carbocycles. The van der Waals surface area contributed by atoms with Crippen LogP contribution in [-0.4, -0.2) is 42.8 Å². The summed E-state index contributed by atoms with van der Waals surface area (Å²) in [5.74, 6) is 0. The van der Waals surface area contributed by atoms with Gasteiger partial charge in [0.05, 0.1) is 12.2 Å². The first-order valence-electron chi connectivity index (χ1n) is 6.10. The second kappa shape index (κ2) is 7.14. The van der Waals surface area contributed by atoms with Crippen LogP contribution in [0.5, 0.6) is 0 Å². The summed E-state index contributed by atoms with van der Waals surface area (Å²) in [5, 5.41) is 11.3. The fourth-order valence-corrected chi connectivity index (χ4v) is 1.56. The number of benzene rings is 1. The summed E-state index contributed by atoms with van der Waals surface area (Å²) in [6, 6.07) is 4.51. The van der Waals surface area contributed by atoms with Gasteiger partial charge in [-0.2, -0.15) is 13.2 Å². The summed E-state index contributed by atoms with van der Waals surface area (Å²) in [6.07, 6.45) is -3.89. The van der Waals surface area contributed by atoms with Crippen LogP contribution in [0.1, 0.15) is 11.1 Å². The molecule has 0 saturated carbocycles. The Balaban J connectivity index is 2.41. The van der Waals surface area contributed by atoms with E-state index in [2.05, 4.69) is 5.32 Å². The number of rotatable bonds is 5. The molecule has 1 rings (SSSR count). The summed E-state index contributed by atoms with van der Waals surface area (Å²) in [5.41, 5.74) is 0.0241. The Kier molecular flexibility index (Phi) is 5.82. The Hall–Kier alpha value is -1.76. The van der Waals surface area contributed by atoms with Gasteiger partial charge in [0.1, 0.15) is 0 Å². The minimum atomic E-state index is -4.33. The van der Waals surface area contributed by atoms with Crippen LogP contribution in [0, 0.1) is 0 Å². The number of urea groups is 1. The lowest BCUT2D eigenvalue weighted by molar-refractivity contribution is -0.137. The van der Waals surface area contributed by atoms with Crippen LogP contribution in [0.15, 0.2) is 24.3 Å². The molecule has 0 bridgehead atoms. The largest absolute Gasteiger partial charge is 0.416 e. The number of halogens is 3. The van der Waals surface area contributed by atoms with E-state index in [4.69, 9.17) is 5.11 Å². The molecule has 0 spiro atoms. The summed E-state index contributed by atoms with van der Waals surface area (Å²) in [7, 11) is 1.55. The van der Waals surface area contributed by atoms with Crippen molar-refractivity contribution in [2.45, 2.75) is 12.6 Å². The van der Waals surface area contributed by atoms with Crippen LogP contribution in [-0.2, 0) is 12.6 Å². The molecule has 0 aromatic heterocycles. The van der Waals surface area contributed by atoms with E-state index >= 15 is 0 Å². The van der Waals surface area contributed by atoms with Crippen molar-refractivity contribution in [1.82, 2.24) is 10.2 Å². The molecule has 7 heteroatoms. The van der Waals surface area contributed by atoms with Gasteiger partial charge in [0, 0.05) is 20.1 Å². The number of aliphatic hydroxyl groups is 1. The van der Waals surface area contributed by atoms with Gasteiger partial charge in [0.15, 0.2) is 0 Å². The molecule has 0 saturated heterocycles. The van der Waals surface area contributed by atoms with Gasteiger partial charge in [-0.25, -0.2) is 4.79 Å². The summed E-state index contributed by atoms with van der Waals surface area (Å²) in [4.78, 5) is 12.8. The normalized spacial score (nSPS) is 11.2. The summed E-state index contributed by atoms with van der Waals surface area (Å²) >= 11 is 0. The zero-order valence-electron chi connectivity index (χ0n) is 11.1. The number of amides is 2. The van der Waals surface area contributed by atoms with Crippen molar-refractivity contribution < 1.29 is 23.1 Å². The first kappa shape index (κ1) is 16.3. The smallest absolute Gasteiger partial charge is 0.395 e. The molecular weight excluding hydrogens is 273 g/mol. The number of aliphatic hydroxyl groups excluding tert-OH is 1. The lowest BCUT2D eigenvalue weighted by Gasteiger charge is -2.16. The Morgan fingerprint density at radius 3 is 2.40 bits per heavy atom. The number of nitrogens with zero attached hydrogens (tertiary/aromatic N) is 1. The number of carbonyl (C=O) groups is 1. The van der Waals surface area contributed by atoms with E-state index in [9.17, 15) is 18.0 Å². The number of carbonyl (C=O) groups excluding carboxylic acids is 1. The molecule has 0 unspecified atom stereocenters. The molecule has 4 nitrogen and oxygen atoms in total. The van der Waals surface area contributed by atoms with Gasteiger partial charge in [0.25, 0.3) is 0 Å². The lowest BCUT2D eigenvalue weighted by atomic mass is 10.1. The highest BCUT2D eigenvalue weighted by Gasteiger charge is 2.29. The Morgan fingerprint density at radius 1 is 1.30 bits per heavy atom. The minimum Gasteiger partial charge on any atom is -0.395 e. The molecule has 0 atom stereocenters. The fraction of sp³-hybridized carbons (Fsp3) is 0.462. The van der Waals surface area contributed by atoms with Crippen LogP contribution in [0.4, 0.5) is 18.0 Å². The predicted molar refractivity (Wildman–Crippen MR) is 68.3 cm³/mol. The molecule has 0 aliphatic heterocycles. The van der Waals surface area contributed by atoms with Gasteiger partial charge >= 0.3 is 12.2 Å². The number of hydrogen-bond acceptors (Lipinski definition) is 2. The average molecular weight is 290 g/mol. The van der Waals surface area contributed by atoms with E-state index in [1.165, 1.54) is 17.0 Å². The summed E-state index contributed by atoms with van der Waals surface area (Å²) in [6.45, 7) is 0.425. The first-order valence-corrected chi connectivity index (χ1v) is 6.10. The number of nitrogens with one attached hydrogen (secondary N) is 1. The standard InChI is InChI=1S/C13H17F3N2O2/c1-18(8-9-19)12(20)17-7-6-10-2-4-11(5-3-10)13(14,15)16/h2-5,19H,6-9H2,1H3,(H,17,20). The van der Waals surface area contributed by atoms with Crippen molar-refractivity contribution in [3.05, 3.63) is 35.4 Å². The predicted octanol–water partition coefficient (Wildman–Crippen LogP) is 1.88. The van der Waals surface area contributed by atoms with Crippen molar-refractivity contribution in [2.24, 2.45) is 0 Å². The maximum Gasteiger partial charge on any atom is 0.416 e. The Morgan fingerprint density at radius 2 is 1.90 bits per heavy atom. The number of alkyl halides is 3. The molecule has 0 heterocycles. The van der Waals surface area contributed by atoms with Gasteiger partial charge in [-0.15, -0.1) is 0 Å². The Bertz CT molecular complexity index is 432. The molecule has 112 valence electrons. The topological polar surface area (TPSA) is 52.6 Å². The zero-order valence-corrected chi connectivity index (χ0v) is 11.1. The zero-order chi connectivity index (χ0) is 15.2. The SMILES string of the molecule is CN(CCO)C(=O)NCCc1ccc(C(F)(F)F)cc1. The van der Waals surface area contributed by atoms with Gasteiger partial charge < -0.3 is 15.3 Å². The molecular formula is C13H17F3N2O2. The average Bonchev–Trinajstić information content (AvgIpc) is 2.38. The summed E-state index contributed by atoms with van der Waals surface area (Å²) < 4.78 is 37.1. The van der Waals surface area contributed by atoms with Crippen molar-refractivity contribution in [1.29, 1.82) is 0 Å². The molecule has 1 aromatic carbocycles. The van der Waals surface area contributed by atoms with Crippen molar-refractivity contribution in [2.75, 3.05) is 26.7 Å². The van der Waals surface area contributed by atoms with Crippen LogP contribution in [0.25, 0.3) is 0 Å². The van der Waals surface area contributed by atoms with Crippen molar-refractivity contribution in [3.63, 3.8) is 0 Å². The van der Waals surface area contributed by atoms with Crippen LogP contribution in [0.2, 0.25) is 0 Å². The highest BCUT2D eigenvalue weighted by molar-refractivity contribution is 5.73. The van der Waals surface area contributed by atoms with Crippen LogP contribution < -0.4 is 5.32 Å². The van der Waals surface area contributed by atoms with Crippen LogP contribution >= 0.6 is 0 Å².